The van der Waals surface area contributed by atoms with Crippen LogP contribution < -0.4 is 10.1 Å². The van der Waals surface area contributed by atoms with Crippen LogP contribution in [0.1, 0.15) is 18.1 Å². The Labute approximate surface area is 109 Å². The molecule has 94 valence electrons. The summed E-state index contributed by atoms with van der Waals surface area (Å²) in [6.45, 7) is 2.95. The first kappa shape index (κ1) is 12.7. The molecule has 2 nitrogen and oxygen atoms in total. The van der Waals surface area contributed by atoms with Crippen LogP contribution in [0.2, 0.25) is 0 Å². The van der Waals surface area contributed by atoms with E-state index >= 15 is 0 Å². The zero-order chi connectivity index (χ0) is 12.8. The highest BCUT2D eigenvalue weighted by atomic mass is 16.5. The molecule has 0 radical (unpaired) electrons. The van der Waals surface area contributed by atoms with E-state index in [9.17, 15) is 0 Å². The van der Waals surface area contributed by atoms with Crippen molar-refractivity contribution >= 4 is 0 Å². The largest absolute Gasteiger partial charge is 0.457 e. The summed E-state index contributed by atoms with van der Waals surface area (Å²) in [6, 6.07) is 16.3. The second kappa shape index (κ2) is 6.22. The van der Waals surface area contributed by atoms with Gasteiger partial charge in [0.05, 0.1) is 0 Å². The molecule has 18 heavy (non-hydrogen) atoms. The molecule has 0 aliphatic heterocycles. The second-order valence-electron chi connectivity index (χ2n) is 4.20. The number of nitrogens with one attached hydrogen (secondary N) is 1. The molecular formula is C16H19NO. The predicted molar refractivity (Wildman–Crippen MR) is 75.1 cm³/mol. The van der Waals surface area contributed by atoms with E-state index in [1.807, 2.05) is 43.4 Å². The van der Waals surface area contributed by atoms with Crippen molar-refractivity contribution in [3.05, 3.63) is 59.7 Å². The molecule has 2 rings (SSSR count). The third-order valence-corrected chi connectivity index (χ3v) is 2.91. The first-order valence-corrected chi connectivity index (χ1v) is 6.33. The molecule has 0 aliphatic rings. The predicted octanol–water partition coefficient (Wildman–Crippen LogP) is 3.76. The molecule has 0 fully saturated rings. The molecular weight excluding hydrogens is 222 g/mol. The molecule has 0 saturated carbocycles. The van der Waals surface area contributed by atoms with Gasteiger partial charge in [-0.05, 0) is 31.2 Å². The maximum absolute atomic E-state index is 6.04. The van der Waals surface area contributed by atoms with Crippen molar-refractivity contribution in [2.75, 3.05) is 7.05 Å². The minimum atomic E-state index is 0.810. The topological polar surface area (TPSA) is 21.3 Å². The van der Waals surface area contributed by atoms with Crippen LogP contribution in [0.3, 0.4) is 0 Å². The summed E-state index contributed by atoms with van der Waals surface area (Å²) in [7, 11) is 1.94. The van der Waals surface area contributed by atoms with E-state index < -0.39 is 0 Å². The molecule has 2 aromatic rings. The van der Waals surface area contributed by atoms with Gasteiger partial charge >= 0.3 is 0 Å². The fraction of sp³-hybridized carbons (Fsp3) is 0.250. The molecule has 0 unspecified atom stereocenters. The molecule has 2 heteroatoms. The number of hydrogen-bond acceptors (Lipinski definition) is 2. The summed E-state index contributed by atoms with van der Waals surface area (Å²) in [6.07, 6.45) is 0.977. The number of para-hydroxylation sites is 2. The number of rotatable bonds is 5. The average molecular weight is 241 g/mol. The quantitative estimate of drug-likeness (QED) is 0.860. The SMILES string of the molecule is CCc1ccccc1Oc1ccccc1CNC. The minimum Gasteiger partial charge on any atom is -0.457 e. The summed E-state index contributed by atoms with van der Waals surface area (Å²) in [5.41, 5.74) is 2.41. The van der Waals surface area contributed by atoms with Crippen molar-refractivity contribution in [2.45, 2.75) is 19.9 Å². The molecule has 0 amide bonds. The lowest BCUT2D eigenvalue weighted by atomic mass is 10.1. The fourth-order valence-electron chi connectivity index (χ4n) is 1.95. The van der Waals surface area contributed by atoms with Crippen LogP contribution in [0, 0.1) is 0 Å². The standard InChI is InChI=1S/C16H19NO/c1-3-13-8-4-6-10-15(13)18-16-11-7-5-9-14(16)12-17-2/h4-11,17H,3,12H2,1-2H3. The van der Waals surface area contributed by atoms with Crippen LogP contribution in [-0.4, -0.2) is 7.05 Å². The van der Waals surface area contributed by atoms with Gasteiger partial charge in [0.2, 0.25) is 0 Å². The van der Waals surface area contributed by atoms with Crippen LogP contribution >= 0.6 is 0 Å². The zero-order valence-electron chi connectivity index (χ0n) is 10.9. The Bertz CT molecular complexity index is 508. The summed E-state index contributed by atoms with van der Waals surface area (Å²) in [5, 5.41) is 3.16. The van der Waals surface area contributed by atoms with Crippen LogP contribution in [0.25, 0.3) is 0 Å². The lowest BCUT2D eigenvalue weighted by molar-refractivity contribution is 0.469. The van der Waals surface area contributed by atoms with E-state index in [0.717, 1.165) is 24.5 Å². The maximum atomic E-state index is 6.04. The third kappa shape index (κ3) is 2.90. The normalized spacial score (nSPS) is 10.3. The summed E-state index contributed by atoms with van der Waals surface area (Å²) < 4.78 is 6.04. The molecule has 0 saturated heterocycles. The van der Waals surface area contributed by atoms with Gasteiger partial charge in [0.1, 0.15) is 11.5 Å². The van der Waals surface area contributed by atoms with Gasteiger partial charge in [-0.1, -0.05) is 43.3 Å². The van der Waals surface area contributed by atoms with E-state index in [2.05, 4.69) is 24.4 Å². The van der Waals surface area contributed by atoms with E-state index in [-0.39, 0.29) is 0 Å². The van der Waals surface area contributed by atoms with Crippen molar-refractivity contribution in [3.63, 3.8) is 0 Å². The smallest absolute Gasteiger partial charge is 0.131 e. The molecule has 0 bridgehead atoms. The summed E-state index contributed by atoms with van der Waals surface area (Å²) >= 11 is 0. The Kier molecular flexibility index (Phi) is 4.37. The Morgan fingerprint density at radius 3 is 2.06 bits per heavy atom. The van der Waals surface area contributed by atoms with Crippen molar-refractivity contribution in [2.24, 2.45) is 0 Å². The van der Waals surface area contributed by atoms with Gasteiger partial charge in [0, 0.05) is 12.1 Å². The summed E-state index contributed by atoms with van der Waals surface area (Å²) in [4.78, 5) is 0. The second-order valence-corrected chi connectivity index (χ2v) is 4.20. The maximum Gasteiger partial charge on any atom is 0.131 e. The highest BCUT2D eigenvalue weighted by Crippen LogP contribution is 2.28. The molecule has 2 aromatic carbocycles. The van der Waals surface area contributed by atoms with Crippen molar-refractivity contribution in [1.82, 2.24) is 5.32 Å². The Balaban J connectivity index is 2.28. The Morgan fingerprint density at radius 1 is 0.889 bits per heavy atom. The number of aryl methyl sites for hydroxylation is 1. The van der Waals surface area contributed by atoms with E-state index in [1.54, 1.807) is 0 Å². The molecule has 0 aromatic heterocycles. The Morgan fingerprint density at radius 2 is 1.44 bits per heavy atom. The summed E-state index contributed by atoms with van der Waals surface area (Å²) in [5.74, 6) is 1.87. The van der Waals surface area contributed by atoms with Crippen molar-refractivity contribution in [1.29, 1.82) is 0 Å². The molecule has 0 aliphatic carbocycles. The first-order chi connectivity index (χ1) is 8.85. The average Bonchev–Trinajstić information content (AvgIpc) is 2.42. The minimum absolute atomic E-state index is 0.810. The number of benzene rings is 2. The van der Waals surface area contributed by atoms with E-state index in [4.69, 9.17) is 4.74 Å². The highest BCUT2D eigenvalue weighted by molar-refractivity contribution is 5.41. The van der Waals surface area contributed by atoms with Crippen molar-refractivity contribution < 1.29 is 4.74 Å². The fourth-order valence-corrected chi connectivity index (χ4v) is 1.95. The van der Waals surface area contributed by atoms with Gasteiger partial charge in [-0.25, -0.2) is 0 Å². The van der Waals surface area contributed by atoms with Crippen LogP contribution in [-0.2, 0) is 13.0 Å². The van der Waals surface area contributed by atoms with E-state index in [0.29, 0.717) is 0 Å². The molecule has 1 N–H and O–H groups in total. The molecule has 0 spiro atoms. The zero-order valence-corrected chi connectivity index (χ0v) is 10.9. The highest BCUT2D eigenvalue weighted by Gasteiger charge is 2.06. The number of ether oxygens (including phenoxy) is 1. The lowest BCUT2D eigenvalue weighted by Gasteiger charge is -2.13. The molecule has 0 atom stereocenters. The van der Waals surface area contributed by atoms with Gasteiger partial charge in [-0.15, -0.1) is 0 Å². The third-order valence-electron chi connectivity index (χ3n) is 2.91. The van der Waals surface area contributed by atoms with Gasteiger partial charge in [0.15, 0.2) is 0 Å². The van der Waals surface area contributed by atoms with Gasteiger partial charge in [0.25, 0.3) is 0 Å². The van der Waals surface area contributed by atoms with Crippen molar-refractivity contribution in [3.8, 4) is 11.5 Å². The monoisotopic (exact) mass is 241 g/mol. The van der Waals surface area contributed by atoms with Crippen LogP contribution in [0.15, 0.2) is 48.5 Å². The van der Waals surface area contributed by atoms with Gasteiger partial charge < -0.3 is 10.1 Å². The first-order valence-electron chi connectivity index (χ1n) is 6.33. The van der Waals surface area contributed by atoms with Gasteiger partial charge in [-0.3, -0.25) is 0 Å². The number of hydrogen-bond donors (Lipinski definition) is 1. The van der Waals surface area contributed by atoms with E-state index in [1.165, 1.54) is 11.1 Å². The van der Waals surface area contributed by atoms with Crippen LogP contribution in [0.4, 0.5) is 0 Å². The lowest BCUT2D eigenvalue weighted by Crippen LogP contribution is -2.06. The Hall–Kier alpha value is -1.80. The van der Waals surface area contributed by atoms with Gasteiger partial charge in [-0.2, -0.15) is 0 Å². The molecule has 0 heterocycles. The van der Waals surface area contributed by atoms with Crippen LogP contribution in [0.5, 0.6) is 11.5 Å².